The van der Waals surface area contributed by atoms with Crippen LogP contribution in [0.25, 0.3) is 0 Å². The van der Waals surface area contributed by atoms with E-state index < -0.39 is 0 Å². The zero-order valence-electron chi connectivity index (χ0n) is 14.1. The molecule has 0 atom stereocenters. The van der Waals surface area contributed by atoms with E-state index in [1.54, 1.807) is 24.3 Å². The summed E-state index contributed by atoms with van der Waals surface area (Å²) in [4.78, 5) is 25.1. The van der Waals surface area contributed by atoms with E-state index in [0.29, 0.717) is 17.9 Å². The minimum Gasteiger partial charge on any atom is -0.378 e. The average Bonchev–Trinajstić information content (AvgIpc) is 2.53. The first-order valence-electron chi connectivity index (χ1n) is 7.63. The predicted octanol–water partition coefficient (Wildman–Crippen LogP) is 3.03. The van der Waals surface area contributed by atoms with Gasteiger partial charge < -0.3 is 20.9 Å². The molecule has 2 rings (SSSR count). The SMILES string of the molecule is CC(=O)Nc1cccc(NC(=O)NCc2ccc(N(C)C)cc2)c1. The molecular formula is C18H22N4O2. The summed E-state index contributed by atoms with van der Waals surface area (Å²) in [7, 11) is 3.96. The van der Waals surface area contributed by atoms with Gasteiger partial charge in [-0.3, -0.25) is 4.79 Å². The largest absolute Gasteiger partial charge is 0.378 e. The van der Waals surface area contributed by atoms with Crippen LogP contribution in [0.1, 0.15) is 12.5 Å². The lowest BCUT2D eigenvalue weighted by Crippen LogP contribution is -2.28. The van der Waals surface area contributed by atoms with Gasteiger partial charge in [-0.1, -0.05) is 18.2 Å². The Morgan fingerprint density at radius 3 is 2.17 bits per heavy atom. The molecule has 0 spiro atoms. The first-order chi connectivity index (χ1) is 11.4. The average molecular weight is 326 g/mol. The van der Waals surface area contributed by atoms with Crippen LogP contribution in [0.4, 0.5) is 21.9 Å². The Kier molecular flexibility index (Phi) is 5.78. The van der Waals surface area contributed by atoms with Crippen molar-refractivity contribution in [3.05, 3.63) is 54.1 Å². The maximum absolute atomic E-state index is 12.0. The van der Waals surface area contributed by atoms with Gasteiger partial charge >= 0.3 is 6.03 Å². The van der Waals surface area contributed by atoms with E-state index >= 15 is 0 Å². The molecule has 3 N–H and O–H groups in total. The van der Waals surface area contributed by atoms with Gasteiger partial charge in [-0.15, -0.1) is 0 Å². The number of carbonyl (C=O) groups excluding carboxylic acids is 2. The van der Waals surface area contributed by atoms with Gasteiger partial charge in [-0.25, -0.2) is 4.79 Å². The zero-order valence-corrected chi connectivity index (χ0v) is 14.1. The highest BCUT2D eigenvalue weighted by Gasteiger charge is 2.04. The maximum atomic E-state index is 12.0. The Morgan fingerprint density at radius 2 is 1.58 bits per heavy atom. The molecule has 0 fully saturated rings. The number of benzene rings is 2. The fourth-order valence-corrected chi connectivity index (χ4v) is 2.15. The Hall–Kier alpha value is -3.02. The molecule has 0 unspecified atom stereocenters. The van der Waals surface area contributed by atoms with E-state index in [0.717, 1.165) is 11.3 Å². The number of hydrogen-bond donors (Lipinski definition) is 3. The molecule has 0 aliphatic carbocycles. The van der Waals surface area contributed by atoms with Crippen LogP contribution in [-0.4, -0.2) is 26.0 Å². The van der Waals surface area contributed by atoms with Crippen molar-refractivity contribution < 1.29 is 9.59 Å². The number of urea groups is 1. The summed E-state index contributed by atoms with van der Waals surface area (Å²) in [5.41, 5.74) is 3.38. The van der Waals surface area contributed by atoms with Crippen molar-refractivity contribution >= 4 is 29.0 Å². The number of nitrogens with one attached hydrogen (secondary N) is 3. The van der Waals surface area contributed by atoms with Crippen LogP contribution in [0.3, 0.4) is 0 Å². The minimum absolute atomic E-state index is 0.155. The maximum Gasteiger partial charge on any atom is 0.319 e. The smallest absolute Gasteiger partial charge is 0.319 e. The van der Waals surface area contributed by atoms with Crippen LogP contribution in [-0.2, 0) is 11.3 Å². The molecule has 0 aromatic heterocycles. The second kappa shape index (κ2) is 8.01. The molecule has 3 amide bonds. The lowest BCUT2D eigenvalue weighted by atomic mass is 10.2. The Morgan fingerprint density at radius 1 is 0.958 bits per heavy atom. The molecule has 2 aromatic carbocycles. The van der Waals surface area contributed by atoms with E-state index in [1.807, 2.05) is 43.3 Å². The summed E-state index contributed by atoms with van der Waals surface area (Å²) in [6, 6.07) is 14.7. The summed E-state index contributed by atoms with van der Waals surface area (Å²) in [5, 5.41) is 8.23. The van der Waals surface area contributed by atoms with Crippen molar-refractivity contribution in [1.29, 1.82) is 0 Å². The van der Waals surface area contributed by atoms with Gasteiger partial charge in [0.25, 0.3) is 0 Å². The number of nitrogens with zero attached hydrogens (tertiary/aromatic N) is 1. The fraction of sp³-hybridized carbons (Fsp3) is 0.222. The van der Waals surface area contributed by atoms with E-state index in [9.17, 15) is 9.59 Å². The van der Waals surface area contributed by atoms with Gasteiger partial charge in [-0.05, 0) is 35.9 Å². The van der Waals surface area contributed by atoms with Gasteiger partial charge in [0, 0.05) is 44.6 Å². The normalized spacial score (nSPS) is 9.96. The first kappa shape index (κ1) is 17.3. The van der Waals surface area contributed by atoms with Crippen LogP contribution in [0.5, 0.6) is 0 Å². The van der Waals surface area contributed by atoms with Crippen LogP contribution in [0.2, 0.25) is 0 Å². The highest BCUT2D eigenvalue weighted by atomic mass is 16.2. The third-order valence-electron chi connectivity index (χ3n) is 3.35. The van der Waals surface area contributed by atoms with Crippen molar-refractivity contribution in [2.75, 3.05) is 29.6 Å². The number of hydrogen-bond acceptors (Lipinski definition) is 3. The Balaban J connectivity index is 1.88. The molecule has 0 aliphatic heterocycles. The van der Waals surface area contributed by atoms with E-state index in [4.69, 9.17) is 0 Å². The lowest BCUT2D eigenvalue weighted by Gasteiger charge is -2.13. The van der Waals surface area contributed by atoms with E-state index in [2.05, 4.69) is 16.0 Å². The van der Waals surface area contributed by atoms with Crippen molar-refractivity contribution in [2.45, 2.75) is 13.5 Å². The third-order valence-corrected chi connectivity index (χ3v) is 3.35. The van der Waals surface area contributed by atoms with Crippen molar-refractivity contribution in [3.8, 4) is 0 Å². The topological polar surface area (TPSA) is 73.5 Å². The van der Waals surface area contributed by atoms with Crippen LogP contribution in [0.15, 0.2) is 48.5 Å². The zero-order chi connectivity index (χ0) is 17.5. The first-order valence-corrected chi connectivity index (χ1v) is 7.63. The molecule has 0 aliphatic rings. The third kappa shape index (κ3) is 5.31. The van der Waals surface area contributed by atoms with Crippen molar-refractivity contribution in [1.82, 2.24) is 5.32 Å². The second-order valence-electron chi connectivity index (χ2n) is 5.63. The van der Waals surface area contributed by atoms with Crippen LogP contribution >= 0.6 is 0 Å². The molecule has 24 heavy (non-hydrogen) atoms. The predicted molar refractivity (Wildman–Crippen MR) is 97.4 cm³/mol. The monoisotopic (exact) mass is 326 g/mol. The molecule has 126 valence electrons. The van der Waals surface area contributed by atoms with Crippen LogP contribution in [0, 0.1) is 0 Å². The second-order valence-corrected chi connectivity index (χ2v) is 5.63. The number of anilines is 3. The van der Waals surface area contributed by atoms with E-state index in [-0.39, 0.29) is 11.9 Å². The lowest BCUT2D eigenvalue weighted by molar-refractivity contribution is -0.114. The molecule has 0 saturated heterocycles. The van der Waals surface area contributed by atoms with Gasteiger partial charge in [0.15, 0.2) is 0 Å². The van der Waals surface area contributed by atoms with Crippen LogP contribution < -0.4 is 20.9 Å². The van der Waals surface area contributed by atoms with E-state index in [1.165, 1.54) is 6.92 Å². The molecule has 0 heterocycles. The fourth-order valence-electron chi connectivity index (χ4n) is 2.15. The molecule has 6 nitrogen and oxygen atoms in total. The quantitative estimate of drug-likeness (QED) is 0.791. The molecule has 0 radical (unpaired) electrons. The summed E-state index contributed by atoms with van der Waals surface area (Å²) in [5.74, 6) is -0.155. The Bertz CT molecular complexity index is 711. The molecule has 6 heteroatoms. The molecule has 0 saturated carbocycles. The Labute approximate surface area is 141 Å². The highest BCUT2D eigenvalue weighted by molar-refractivity contribution is 5.92. The summed E-state index contributed by atoms with van der Waals surface area (Å²) >= 11 is 0. The molecular weight excluding hydrogens is 304 g/mol. The summed E-state index contributed by atoms with van der Waals surface area (Å²) in [6.45, 7) is 1.87. The van der Waals surface area contributed by atoms with Gasteiger partial charge in [0.05, 0.1) is 0 Å². The number of rotatable bonds is 5. The minimum atomic E-state index is -0.299. The van der Waals surface area contributed by atoms with Crippen molar-refractivity contribution in [3.63, 3.8) is 0 Å². The molecule has 0 bridgehead atoms. The standard InChI is InChI=1S/C18H22N4O2/c1-13(23)20-15-5-4-6-16(11-15)21-18(24)19-12-14-7-9-17(10-8-14)22(2)3/h4-11H,12H2,1-3H3,(H,20,23)(H2,19,21,24). The highest BCUT2D eigenvalue weighted by Crippen LogP contribution is 2.15. The number of amides is 3. The van der Waals surface area contributed by atoms with Gasteiger partial charge in [0.1, 0.15) is 0 Å². The van der Waals surface area contributed by atoms with Gasteiger partial charge in [0.2, 0.25) is 5.91 Å². The summed E-state index contributed by atoms with van der Waals surface area (Å²) < 4.78 is 0. The summed E-state index contributed by atoms with van der Waals surface area (Å²) in [6.07, 6.45) is 0. The van der Waals surface area contributed by atoms with Gasteiger partial charge in [-0.2, -0.15) is 0 Å². The van der Waals surface area contributed by atoms with Crippen molar-refractivity contribution in [2.24, 2.45) is 0 Å². The molecule has 2 aromatic rings. The number of carbonyl (C=O) groups is 2.